The molecule has 0 amide bonds. The molecule has 0 radical (unpaired) electrons. The lowest BCUT2D eigenvalue weighted by Gasteiger charge is -2.20. The molecular formula is C27H22ClN. The van der Waals surface area contributed by atoms with Crippen molar-refractivity contribution in [3.63, 3.8) is 0 Å². The molecule has 0 saturated carbocycles. The zero-order valence-electron chi connectivity index (χ0n) is 16.1. The van der Waals surface area contributed by atoms with E-state index >= 15 is 0 Å². The van der Waals surface area contributed by atoms with E-state index in [1.54, 1.807) is 0 Å². The fraction of sp³-hybridized carbons (Fsp3) is 0.111. The van der Waals surface area contributed by atoms with Gasteiger partial charge < -0.3 is 5.32 Å². The first-order valence-electron chi connectivity index (χ1n) is 10.1. The minimum absolute atomic E-state index is 0.356. The van der Waals surface area contributed by atoms with Gasteiger partial charge >= 0.3 is 0 Å². The lowest BCUT2D eigenvalue weighted by Crippen LogP contribution is -2.07. The van der Waals surface area contributed by atoms with E-state index in [0.29, 0.717) is 5.92 Å². The maximum Gasteiger partial charge on any atom is 0.0502 e. The lowest BCUT2D eigenvalue weighted by molar-refractivity contribution is 0.782. The third kappa shape index (κ3) is 3.54. The Morgan fingerprint density at radius 2 is 1.66 bits per heavy atom. The van der Waals surface area contributed by atoms with E-state index in [9.17, 15) is 0 Å². The quantitative estimate of drug-likeness (QED) is 0.448. The first-order valence-corrected chi connectivity index (χ1v) is 10.4. The van der Waals surface area contributed by atoms with Crippen molar-refractivity contribution in [2.75, 3.05) is 11.9 Å². The van der Waals surface area contributed by atoms with Crippen molar-refractivity contribution in [2.24, 2.45) is 5.92 Å². The number of rotatable bonds is 1. The molecule has 0 spiro atoms. The molecule has 5 rings (SSSR count). The third-order valence-electron chi connectivity index (χ3n) is 5.73. The van der Waals surface area contributed by atoms with Gasteiger partial charge in [-0.3, -0.25) is 0 Å². The summed E-state index contributed by atoms with van der Waals surface area (Å²) in [5, 5.41) is 7.06. The Labute approximate surface area is 176 Å². The maximum absolute atomic E-state index is 6.13. The van der Waals surface area contributed by atoms with Crippen LogP contribution in [0, 0.1) is 5.92 Å². The van der Waals surface area contributed by atoms with Gasteiger partial charge in [-0.1, -0.05) is 103 Å². The van der Waals surface area contributed by atoms with Gasteiger partial charge in [-0.05, 0) is 34.6 Å². The number of nitrogens with one attached hydrogen (secondary N) is 1. The number of hydrogen-bond donors (Lipinski definition) is 1. The summed E-state index contributed by atoms with van der Waals surface area (Å²) >= 11 is 6.13. The van der Waals surface area contributed by atoms with Gasteiger partial charge in [0.15, 0.2) is 0 Å². The summed E-state index contributed by atoms with van der Waals surface area (Å²) < 4.78 is 0. The van der Waals surface area contributed by atoms with Gasteiger partial charge in [-0.15, -0.1) is 0 Å². The van der Waals surface area contributed by atoms with E-state index in [4.69, 9.17) is 11.6 Å². The molecule has 3 aromatic rings. The largest absolute Gasteiger partial charge is 0.381 e. The van der Waals surface area contributed by atoms with Crippen LogP contribution in [0.25, 0.3) is 28.0 Å². The molecule has 3 aromatic carbocycles. The molecule has 1 atom stereocenters. The highest BCUT2D eigenvalue weighted by atomic mass is 35.5. The van der Waals surface area contributed by atoms with Gasteiger partial charge in [0.05, 0.1) is 5.69 Å². The summed E-state index contributed by atoms with van der Waals surface area (Å²) in [6.07, 6.45) is 14.1. The Bertz CT molecular complexity index is 1200. The van der Waals surface area contributed by atoms with Crippen molar-refractivity contribution in [1.82, 2.24) is 0 Å². The Hall–Kier alpha value is -3.03. The van der Waals surface area contributed by atoms with E-state index in [1.165, 1.54) is 38.7 Å². The Morgan fingerprint density at radius 1 is 0.793 bits per heavy atom. The van der Waals surface area contributed by atoms with Crippen LogP contribution < -0.4 is 5.32 Å². The number of anilines is 1. The van der Waals surface area contributed by atoms with Gasteiger partial charge in [0.25, 0.3) is 0 Å². The van der Waals surface area contributed by atoms with Crippen LogP contribution in [-0.2, 0) is 0 Å². The smallest absolute Gasteiger partial charge is 0.0502 e. The predicted molar refractivity (Wildman–Crippen MR) is 126 cm³/mol. The molecule has 1 N–H and O–H groups in total. The molecule has 1 nitrogen and oxygen atoms in total. The Morgan fingerprint density at radius 3 is 2.55 bits per heavy atom. The molecule has 1 unspecified atom stereocenters. The van der Waals surface area contributed by atoms with Crippen LogP contribution in [0.3, 0.4) is 0 Å². The zero-order chi connectivity index (χ0) is 19.6. The average molecular weight is 396 g/mol. The molecule has 1 aliphatic heterocycles. The summed E-state index contributed by atoms with van der Waals surface area (Å²) in [4.78, 5) is 0. The van der Waals surface area contributed by atoms with Crippen LogP contribution in [0.1, 0.15) is 12.0 Å². The number of fused-ring (bicyclic) bond motifs is 5. The number of allylic oxidation sites excluding steroid dienone is 6. The second-order valence-corrected chi connectivity index (χ2v) is 7.94. The van der Waals surface area contributed by atoms with Gasteiger partial charge in [-0.25, -0.2) is 0 Å². The van der Waals surface area contributed by atoms with Crippen molar-refractivity contribution in [1.29, 1.82) is 0 Å². The van der Waals surface area contributed by atoms with E-state index in [1.807, 2.05) is 6.08 Å². The van der Waals surface area contributed by atoms with E-state index in [2.05, 4.69) is 96.4 Å². The number of halogens is 1. The van der Waals surface area contributed by atoms with E-state index in [-0.39, 0.29) is 0 Å². The third-order valence-corrected chi connectivity index (χ3v) is 6.01. The molecule has 0 fully saturated rings. The first kappa shape index (κ1) is 18.0. The molecule has 1 aliphatic carbocycles. The molecule has 2 heteroatoms. The second kappa shape index (κ2) is 7.77. The summed E-state index contributed by atoms with van der Waals surface area (Å²) in [5.74, 6) is 0.356. The molecular weight excluding hydrogens is 374 g/mol. The predicted octanol–water partition coefficient (Wildman–Crippen LogP) is 7.57. The fourth-order valence-electron chi connectivity index (χ4n) is 4.22. The summed E-state index contributed by atoms with van der Waals surface area (Å²) in [7, 11) is 0. The minimum Gasteiger partial charge on any atom is -0.381 e. The van der Waals surface area contributed by atoms with Crippen LogP contribution in [-0.4, -0.2) is 6.54 Å². The maximum atomic E-state index is 6.13. The van der Waals surface area contributed by atoms with Crippen molar-refractivity contribution in [2.45, 2.75) is 6.42 Å². The lowest BCUT2D eigenvalue weighted by atomic mass is 9.89. The highest BCUT2D eigenvalue weighted by molar-refractivity contribution is 6.31. The fourth-order valence-corrected chi connectivity index (χ4v) is 4.38. The van der Waals surface area contributed by atoms with Crippen LogP contribution in [0.2, 0.25) is 0 Å². The van der Waals surface area contributed by atoms with Crippen LogP contribution in [0.4, 0.5) is 5.69 Å². The molecule has 1 heterocycles. The van der Waals surface area contributed by atoms with Crippen molar-refractivity contribution in [3.8, 4) is 11.1 Å². The zero-order valence-corrected chi connectivity index (χ0v) is 16.9. The van der Waals surface area contributed by atoms with Crippen molar-refractivity contribution >= 4 is 34.1 Å². The molecule has 29 heavy (non-hydrogen) atoms. The minimum atomic E-state index is 0.356. The normalized spacial score (nSPS) is 21.2. The van der Waals surface area contributed by atoms with Gasteiger partial charge in [-0.2, -0.15) is 0 Å². The summed E-state index contributed by atoms with van der Waals surface area (Å²) in [6.45, 7) is 0.782. The molecule has 2 aliphatic rings. The SMILES string of the molecule is ClC1=CCC(C2=C/CNc3c(ccc4ccccc34)-c3ccccc3/C=C\2)C=C1. The van der Waals surface area contributed by atoms with Crippen LogP contribution in [0.5, 0.6) is 0 Å². The standard InChI is InChI=1S/C27H22ClN/c28-23-14-11-19(12-15-23)20-9-10-21-5-1-3-7-24(21)26-16-13-22-6-2-4-8-25(22)27(26)29-18-17-20/h1-11,13-17,19,29H,12,18H2/b10-9-,20-17+. The topological polar surface area (TPSA) is 12.0 Å². The summed E-state index contributed by atoms with van der Waals surface area (Å²) in [6, 6.07) is 21.7. The molecule has 142 valence electrons. The second-order valence-electron chi connectivity index (χ2n) is 7.51. The van der Waals surface area contributed by atoms with E-state index < -0.39 is 0 Å². The van der Waals surface area contributed by atoms with Crippen molar-refractivity contribution in [3.05, 3.63) is 107 Å². The Balaban J connectivity index is 1.65. The summed E-state index contributed by atoms with van der Waals surface area (Å²) in [5.41, 5.74) is 6.23. The average Bonchev–Trinajstić information content (AvgIpc) is 2.77. The van der Waals surface area contributed by atoms with Crippen molar-refractivity contribution < 1.29 is 0 Å². The Kier molecular flexibility index (Phi) is 4.83. The number of hydrogen-bond acceptors (Lipinski definition) is 1. The monoisotopic (exact) mass is 395 g/mol. The molecule has 0 aromatic heterocycles. The highest BCUT2D eigenvalue weighted by Crippen LogP contribution is 2.38. The van der Waals surface area contributed by atoms with Gasteiger partial charge in [0.1, 0.15) is 0 Å². The molecule has 0 saturated heterocycles. The first-order chi connectivity index (χ1) is 14.3. The van der Waals surface area contributed by atoms with Crippen LogP contribution in [0.15, 0.2) is 102 Å². The van der Waals surface area contributed by atoms with E-state index in [0.717, 1.165) is 18.0 Å². The van der Waals surface area contributed by atoms with Gasteiger partial charge in [0.2, 0.25) is 0 Å². The highest BCUT2D eigenvalue weighted by Gasteiger charge is 2.15. The van der Waals surface area contributed by atoms with Gasteiger partial charge in [0, 0.05) is 28.4 Å². The number of benzene rings is 3. The van der Waals surface area contributed by atoms with Crippen LogP contribution >= 0.6 is 11.6 Å². The molecule has 0 bridgehead atoms.